The van der Waals surface area contributed by atoms with Crippen molar-refractivity contribution in [1.82, 2.24) is 9.88 Å². The van der Waals surface area contributed by atoms with Crippen LogP contribution in [0, 0.1) is 20.8 Å². The molecular formula is C16H22N2. The van der Waals surface area contributed by atoms with Gasteiger partial charge in [0.2, 0.25) is 0 Å². The van der Waals surface area contributed by atoms with E-state index >= 15 is 0 Å². The average Bonchev–Trinajstić information content (AvgIpc) is 2.57. The highest BCUT2D eigenvalue weighted by atomic mass is 15.0. The average molecular weight is 242 g/mol. The van der Waals surface area contributed by atoms with Crippen LogP contribution in [0.5, 0.6) is 0 Å². The number of nitrogens with one attached hydrogen (secondary N) is 1. The fourth-order valence-corrected chi connectivity index (χ4v) is 2.28. The summed E-state index contributed by atoms with van der Waals surface area (Å²) in [5.41, 5.74) is 6.73. The van der Waals surface area contributed by atoms with Gasteiger partial charge in [-0.1, -0.05) is 29.8 Å². The third-order valence-electron chi connectivity index (χ3n) is 3.61. The first kappa shape index (κ1) is 12.9. The SMILES string of the molecule is Cc1cccc(CNCc2cc(C)n(C)c2C)c1. The molecule has 2 heteroatoms. The van der Waals surface area contributed by atoms with Crippen LogP contribution < -0.4 is 5.32 Å². The fourth-order valence-electron chi connectivity index (χ4n) is 2.28. The van der Waals surface area contributed by atoms with Crippen molar-refractivity contribution in [1.29, 1.82) is 0 Å². The van der Waals surface area contributed by atoms with Gasteiger partial charge in [0, 0.05) is 31.5 Å². The highest BCUT2D eigenvalue weighted by molar-refractivity contribution is 5.26. The predicted octanol–water partition coefficient (Wildman–Crippen LogP) is 3.24. The molecule has 1 heterocycles. The molecule has 18 heavy (non-hydrogen) atoms. The Bertz CT molecular complexity index is 538. The maximum Gasteiger partial charge on any atom is 0.0226 e. The molecule has 0 spiro atoms. The van der Waals surface area contributed by atoms with Gasteiger partial charge in [0.1, 0.15) is 0 Å². The summed E-state index contributed by atoms with van der Waals surface area (Å²) in [7, 11) is 2.12. The summed E-state index contributed by atoms with van der Waals surface area (Å²) in [4.78, 5) is 0. The quantitative estimate of drug-likeness (QED) is 0.871. The standard InChI is InChI=1S/C16H22N2/c1-12-6-5-7-15(8-12)10-17-11-16-9-13(2)18(4)14(16)3/h5-9,17H,10-11H2,1-4H3. The molecule has 0 saturated carbocycles. The molecule has 0 fully saturated rings. The van der Waals surface area contributed by atoms with Crippen LogP contribution in [0.3, 0.4) is 0 Å². The Kier molecular flexibility index (Phi) is 3.87. The molecule has 0 atom stereocenters. The molecule has 96 valence electrons. The minimum atomic E-state index is 0.926. The minimum absolute atomic E-state index is 0.926. The van der Waals surface area contributed by atoms with Gasteiger partial charge < -0.3 is 9.88 Å². The maximum absolute atomic E-state index is 3.51. The molecule has 1 aromatic carbocycles. The van der Waals surface area contributed by atoms with Gasteiger partial charge in [-0.15, -0.1) is 0 Å². The Morgan fingerprint density at radius 3 is 2.44 bits per heavy atom. The molecule has 0 radical (unpaired) electrons. The largest absolute Gasteiger partial charge is 0.352 e. The van der Waals surface area contributed by atoms with Crippen molar-refractivity contribution in [2.45, 2.75) is 33.9 Å². The van der Waals surface area contributed by atoms with Crippen LogP contribution >= 0.6 is 0 Å². The molecule has 0 saturated heterocycles. The maximum atomic E-state index is 3.51. The first-order valence-electron chi connectivity index (χ1n) is 6.46. The van der Waals surface area contributed by atoms with Crippen LogP contribution in [0.25, 0.3) is 0 Å². The molecule has 1 N–H and O–H groups in total. The molecule has 0 amide bonds. The Balaban J connectivity index is 1.94. The number of hydrogen-bond donors (Lipinski definition) is 1. The molecule has 2 aromatic rings. The summed E-state index contributed by atoms with van der Waals surface area (Å²) in [5, 5.41) is 3.51. The topological polar surface area (TPSA) is 17.0 Å². The summed E-state index contributed by atoms with van der Waals surface area (Å²) in [5.74, 6) is 0. The van der Waals surface area contributed by atoms with Gasteiger partial charge in [0.05, 0.1) is 0 Å². The van der Waals surface area contributed by atoms with Crippen molar-refractivity contribution in [3.05, 3.63) is 58.4 Å². The Hall–Kier alpha value is -1.54. The van der Waals surface area contributed by atoms with E-state index < -0.39 is 0 Å². The Morgan fingerprint density at radius 2 is 1.83 bits per heavy atom. The van der Waals surface area contributed by atoms with Gasteiger partial charge in [-0.2, -0.15) is 0 Å². The molecule has 1 aromatic heterocycles. The second kappa shape index (κ2) is 5.40. The van der Waals surface area contributed by atoms with E-state index in [4.69, 9.17) is 0 Å². The molecule has 0 unspecified atom stereocenters. The summed E-state index contributed by atoms with van der Waals surface area (Å²) in [6.07, 6.45) is 0. The molecule has 0 aliphatic heterocycles. The van der Waals surface area contributed by atoms with Crippen molar-refractivity contribution in [2.24, 2.45) is 7.05 Å². The molecule has 2 nitrogen and oxygen atoms in total. The third kappa shape index (κ3) is 2.82. The van der Waals surface area contributed by atoms with Gasteiger partial charge >= 0.3 is 0 Å². The Morgan fingerprint density at radius 1 is 1.06 bits per heavy atom. The zero-order valence-corrected chi connectivity index (χ0v) is 11.7. The summed E-state index contributed by atoms with van der Waals surface area (Å²) < 4.78 is 2.24. The van der Waals surface area contributed by atoms with Crippen LogP contribution in [-0.4, -0.2) is 4.57 Å². The van der Waals surface area contributed by atoms with Crippen LogP contribution in [0.4, 0.5) is 0 Å². The van der Waals surface area contributed by atoms with Crippen LogP contribution in [-0.2, 0) is 20.1 Å². The molecule has 0 aliphatic rings. The first-order valence-corrected chi connectivity index (χ1v) is 6.46. The number of aryl methyl sites for hydroxylation is 2. The third-order valence-corrected chi connectivity index (χ3v) is 3.61. The highest BCUT2D eigenvalue weighted by Gasteiger charge is 2.05. The zero-order chi connectivity index (χ0) is 13.1. The van der Waals surface area contributed by atoms with Gasteiger partial charge in [0.25, 0.3) is 0 Å². The number of hydrogen-bond acceptors (Lipinski definition) is 1. The van der Waals surface area contributed by atoms with Crippen molar-refractivity contribution in [3.63, 3.8) is 0 Å². The number of benzene rings is 1. The van der Waals surface area contributed by atoms with E-state index in [0.29, 0.717) is 0 Å². The normalized spacial score (nSPS) is 10.9. The highest BCUT2D eigenvalue weighted by Crippen LogP contribution is 2.13. The number of rotatable bonds is 4. The fraction of sp³-hybridized carbons (Fsp3) is 0.375. The molecular weight excluding hydrogens is 220 g/mol. The van der Waals surface area contributed by atoms with Gasteiger partial charge in [-0.05, 0) is 38.0 Å². The molecule has 0 aliphatic carbocycles. The second-order valence-electron chi connectivity index (χ2n) is 5.05. The lowest BCUT2D eigenvalue weighted by molar-refractivity contribution is 0.687. The van der Waals surface area contributed by atoms with Gasteiger partial charge in [-0.25, -0.2) is 0 Å². The van der Waals surface area contributed by atoms with E-state index in [-0.39, 0.29) is 0 Å². The summed E-state index contributed by atoms with van der Waals surface area (Å²) in [6.45, 7) is 8.32. The second-order valence-corrected chi connectivity index (χ2v) is 5.05. The van der Waals surface area contributed by atoms with E-state index in [0.717, 1.165) is 13.1 Å². The van der Waals surface area contributed by atoms with Crippen molar-refractivity contribution >= 4 is 0 Å². The number of aromatic nitrogens is 1. The monoisotopic (exact) mass is 242 g/mol. The van der Waals surface area contributed by atoms with E-state index in [9.17, 15) is 0 Å². The van der Waals surface area contributed by atoms with E-state index in [2.05, 4.69) is 68.0 Å². The molecule has 2 rings (SSSR count). The summed E-state index contributed by atoms with van der Waals surface area (Å²) >= 11 is 0. The van der Waals surface area contributed by atoms with Gasteiger partial charge in [-0.3, -0.25) is 0 Å². The lowest BCUT2D eigenvalue weighted by Crippen LogP contribution is -2.13. The van der Waals surface area contributed by atoms with Crippen LogP contribution in [0.15, 0.2) is 30.3 Å². The van der Waals surface area contributed by atoms with Crippen molar-refractivity contribution < 1.29 is 0 Å². The smallest absolute Gasteiger partial charge is 0.0226 e. The van der Waals surface area contributed by atoms with Crippen molar-refractivity contribution in [2.75, 3.05) is 0 Å². The Labute approximate surface area is 110 Å². The predicted molar refractivity (Wildman–Crippen MR) is 76.6 cm³/mol. The van der Waals surface area contributed by atoms with Crippen LogP contribution in [0.2, 0.25) is 0 Å². The van der Waals surface area contributed by atoms with E-state index in [1.165, 1.54) is 28.1 Å². The number of nitrogens with zero attached hydrogens (tertiary/aromatic N) is 1. The first-order chi connectivity index (χ1) is 8.58. The molecule has 0 bridgehead atoms. The van der Waals surface area contributed by atoms with Crippen LogP contribution in [0.1, 0.15) is 28.1 Å². The van der Waals surface area contributed by atoms with E-state index in [1.54, 1.807) is 0 Å². The minimum Gasteiger partial charge on any atom is -0.352 e. The zero-order valence-electron chi connectivity index (χ0n) is 11.7. The lowest BCUT2D eigenvalue weighted by atomic mass is 10.1. The van der Waals surface area contributed by atoms with Gasteiger partial charge in [0.15, 0.2) is 0 Å². The lowest BCUT2D eigenvalue weighted by Gasteiger charge is -2.06. The van der Waals surface area contributed by atoms with Crippen molar-refractivity contribution in [3.8, 4) is 0 Å². The summed E-state index contributed by atoms with van der Waals surface area (Å²) in [6, 6.07) is 10.9. The van der Waals surface area contributed by atoms with E-state index in [1.807, 2.05) is 0 Å².